The van der Waals surface area contributed by atoms with E-state index in [2.05, 4.69) is 46.9 Å². The molecular formula is C31H32ClN5O2S. The van der Waals surface area contributed by atoms with E-state index >= 15 is 0 Å². The maximum atomic E-state index is 12.1. The molecule has 7 nitrogen and oxygen atoms in total. The van der Waals surface area contributed by atoms with Gasteiger partial charge in [-0.3, -0.25) is 9.78 Å². The van der Waals surface area contributed by atoms with E-state index < -0.39 is 0 Å². The van der Waals surface area contributed by atoms with E-state index in [1.165, 1.54) is 5.56 Å². The third-order valence-corrected chi connectivity index (χ3v) is 8.08. The number of benzene rings is 2. The molecule has 0 aliphatic carbocycles. The molecule has 2 aromatic heterocycles. The molecule has 4 aromatic rings. The van der Waals surface area contributed by atoms with Gasteiger partial charge < -0.3 is 24.8 Å². The van der Waals surface area contributed by atoms with Crippen LogP contribution in [-0.2, 0) is 4.79 Å². The number of halogens is 1. The topological polar surface area (TPSA) is 71.4 Å². The van der Waals surface area contributed by atoms with Crippen LogP contribution in [0.4, 0.5) is 11.4 Å². The molecule has 0 spiro atoms. The van der Waals surface area contributed by atoms with Crippen LogP contribution >= 0.6 is 23.8 Å². The highest BCUT2D eigenvalue weighted by atomic mass is 35.5. The number of methoxy groups -OCH3 is 1. The summed E-state index contributed by atoms with van der Waals surface area (Å²) in [5.41, 5.74) is 7.90. The number of carbonyl (C=O) groups excluding carboxylic acids is 1. The Kier molecular flexibility index (Phi) is 7.83. The molecule has 40 heavy (non-hydrogen) atoms. The number of rotatable bonds is 7. The summed E-state index contributed by atoms with van der Waals surface area (Å²) < 4.78 is 7.93. The van der Waals surface area contributed by atoms with Crippen LogP contribution in [0.2, 0.25) is 5.02 Å². The lowest BCUT2D eigenvalue weighted by atomic mass is 9.93. The van der Waals surface area contributed by atoms with Crippen LogP contribution in [0.1, 0.15) is 53.6 Å². The molecule has 1 aliphatic heterocycles. The van der Waals surface area contributed by atoms with Gasteiger partial charge in [-0.05, 0) is 81.0 Å². The molecular weight excluding hydrogens is 542 g/mol. The second-order valence-corrected chi connectivity index (χ2v) is 10.6. The first kappa shape index (κ1) is 27.7. The van der Waals surface area contributed by atoms with Crippen LogP contribution in [0.15, 0.2) is 66.9 Å². The molecule has 0 bridgehead atoms. The van der Waals surface area contributed by atoms with Gasteiger partial charge in [-0.2, -0.15) is 0 Å². The zero-order valence-electron chi connectivity index (χ0n) is 23.2. The van der Waals surface area contributed by atoms with Gasteiger partial charge in [0.25, 0.3) is 0 Å². The van der Waals surface area contributed by atoms with Crippen molar-refractivity contribution in [2.45, 2.75) is 46.2 Å². The largest absolute Gasteiger partial charge is 0.494 e. The lowest BCUT2D eigenvalue weighted by molar-refractivity contribution is -0.115. The number of hydrogen-bond donors (Lipinski definition) is 2. The number of anilines is 2. The SMILES string of the molecule is CCC(=O)Nc1ccc(N2C(=S)N[C@@H](c3ccccn3)[C@@H]2c2c(C)c(C)n(-c3cccc(Cl)c3)c2C)cc1OC. The number of nitrogens with zero attached hydrogens (tertiary/aromatic N) is 3. The van der Waals surface area contributed by atoms with E-state index in [1.54, 1.807) is 13.3 Å². The molecule has 1 saturated heterocycles. The zero-order chi connectivity index (χ0) is 28.6. The fraction of sp³-hybridized carbons (Fsp3) is 0.258. The summed E-state index contributed by atoms with van der Waals surface area (Å²) in [7, 11) is 1.60. The average molecular weight is 574 g/mol. The van der Waals surface area contributed by atoms with Gasteiger partial charge >= 0.3 is 0 Å². The highest BCUT2D eigenvalue weighted by Gasteiger charge is 2.43. The Morgan fingerprint density at radius 2 is 1.88 bits per heavy atom. The third kappa shape index (κ3) is 4.93. The molecule has 2 aromatic carbocycles. The van der Waals surface area contributed by atoms with Gasteiger partial charge in [-0.25, -0.2) is 0 Å². The normalized spacial score (nSPS) is 16.6. The predicted molar refractivity (Wildman–Crippen MR) is 165 cm³/mol. The van der Waals surface area contributed by atoms with E-state index in [0.717, 1.165) is 34.0 Å². The van der Waals surface area contributed by atoms with Crippen LogP contribution in [0.25, 0.3) is 5.69 Å². The number of nitrogens with one attached hydrogen (secondary N) is 2. The molecule has 1 amide bonds. The minimum Gasteiger partial charge on any atom is -0.494 e. The predicted octanol–water partition coefficient (Wildman–Crippen LogP) is 6.99. The van der Waals surface area contributed by atoms with Crippen molar-refractivity contribution in [2.24, 2.45) is 0 Å². The first-order valence-electron chi connectivity index (χ1n) is 13.2. The number of pyridine rings is 1. The number of hydrogen-bond acceptors (Lipinski definition) is 4. The van der Waals surface area contributed by atoms with Crippen LogP contribution in [0, 0.1) is 20.8 Å². The Morgan fingerprint density at radius 1 is 1.07 bits per heavy atom. The van der Waals surface area contributed by atoms with Gasteiger partial charge in [0.2, 0.25) is 5.91 Å². The van der Waals surface area contributed by atoms with Gasteiger partial charge in [0.15, 0.2) is 5.11 Å². The van der Waals surface area contributed by atoms with Crippen molar-refractivity contribution in [3.8, 4) is 11.4 Å². The highest BCUT2D eigenvalue weighted by molar-refractivity contribution is 7.80. The third-order valence-electron chi connectivity index (χ3n) is 7.53. The van der Waals surface area contributed by atoms with Crippen molar-refractivity contribution >= 4 is 46.2 Å². The number of ether oxygens (including phenoxy) is 1. The maximum absolute atomic E-state index is 12.1. The standard InChI is InChI=1S/C31H32ClN5O2S/c1-6-27(38)34-24-14-13-23(17-26(24)39-5)37-30(29(35-31(37)40)25-12-7-8-15-33-25)28-18(2)19(3)36(20(28)4)22-11-9-10-21(32)16-22/h7-17,29-30H,6H2,1-5H3,(H,34,38)(H,35,40)/t29-,30-/m0/s1. The summed E-state index contributed by atoms with van der Waals surface area (Å²) in [6.07, 6.45) is 2.18. The number of thiocarbonyl (C=S) groups is 1. The van der Waals surface area contributed by atoms with Gasteiger partial charge in [0.05, 0.1) is 30.6 Å². The van der Waals surface area contributed by atoms with Gasteiger partial charge in [-0.1, -0.05) is 30.7 Å². The molecule has 0 saturated carbocycles. The van der Waals surface area contributed by atoms with E-state index in [-0.39, 0.29) is 18.0 Å². The molecule has 0 radical (unpaired) electrons. The summed E-state index contributed by atoms with van der Waals surface area (Å²) in [5, 5.41) is 7.73. The van der Waals surface area contributed by atoms with Crippen molar-refractivity contribution < 1.29 is 9.53 Å². The monoisotopic (exact) mass is 573 g/mol. The second kappa shape index (κ2) is 11.3. The quantitative estimate of drug-likeness (QED) is 0.232. The Balaban J connectivity index is 1.69. The number of carbonyl (C=O) groups is 1. The Labute approximate surface area is 245 Å². The van der Waals surface area contributed by atoms with Crippen LogP contribution in [-0.4, -0.2) is 27.7 Å². The van der Waals surface area contributed by atoms with Crippen molar-refractivity contribution in [2.75, 3.05) is 17.3 Å². The Morgan fingerprint density at radius 3 is 2.55 bits per heavy atom. The first-order valence-corrected chi connectivity index (χ1v) is 14.0. The molecule has 5 rings (SSSR count). The zero-order valence-corrected chi connectivity index (χ0v) is 24.7. The first-order chi connectivity index (χ1) is 19.2. The van der Waals surface area contributed by atoms with E-state index in [0.29, 0.717) is 28.0 Å². The summed E-state index contributed by atoms with van der Waals surface area (Å²) in [4.78, 5) is 18.9. The average Bonchev–Trinajstić information content (AvgIpc) is 3.40. The van der Waals surface area contributed by atoms with E-state index in [4.69, 9.17) is 33.5 Å². The van der Waals surface area contributed by atoms with Gasteiger partial charge in [-0.15, -0.1) is 0 Å². The van der Waals surface area contributed by atoms with Crippen LogP contribution in [0.3, 0.4) is 0 Å². The second-order valence-electron chi connectivity index (χ2n) is 9.81. The van der Waals surface area contributed by atoms with Gasteiger partial charge in [0.1, 0.15) is 5.75 Å². The molecule has 9 heteroatoms. The summed E-state index contributed by atoms with van der Waals surface area (Å²) in [6.45, 7) is 8.23. The van der Waals surface area contributed by atoms with Crippen molar-refractivity contribution in [1.29, 1.82) is 0 Å². The minimum absolute atomic E-state index is 0.0819. The Bertz CT molecular complexity index is 1590. The number of aromatic nitrogens is 2. The molecule has 0 unspecified atom stereocenters. The highest BCUT2D eigenvalue weighted by Crippen LogP contribution is 2.46. The fourth-order valence-electron chi connectivity index (χ4n) is 5.54. The number of amides is 1. The molecule has 3 heterocycles. The smallest absolute Gasteiger partial charge is 0.224 e. The molecule has 1 fully saturated rings. The lowest BCUT2D eigenvalue weighted by Gasteiger charge is -2.29. The summed E-state index contributed by atoms with van der Waals surface area (Å²) in [6, 6.07) is 19.1. The summed E-state index contributed by atoms with van der Waals surface area (Å²) in [5.74, 6) is 0.477. The van der Waals surface area contributed by atoms with Crippen molar-refractivity contribution in [3.05, 3.63) is 100 Å². The van der Waals surface area contributed by atoms with Crippen LogP contribution < -0.4 is 20.3 Å². The lowest BCUT2D eigenvalue weighted by Crippen LogP contribution is -2.30. The minimum atomic E-state index is -0.206. The maximum Gasteiger partial charge on any atom is 0.224 e. The van der Waals surface area contributed by atoms with Gasteiger partial charge in [0, 0.05) is 52.0 Å². The Hall–Kier alpha value is -3.88. The van der Waals surface area contributed by atoms with Crippen molar-refractivity contribution in [3.63, 3.8) is 0 Å². The molecule has 206 valence electrons. The fourth-order valence-corrected chi connectivity index (χ4v) is 6.07. The van der Waals surface area contributed by atoms with Crippen LogP contribution in [0.5, 0.6) is 5.75 Å². The molecule has 1 aliphatic rings. The summed E-state index contributed by atoms with van der Waals surface area (Å²) >= 11 is 12.4. The molecule has 2 N–H and O–H groups in total. The molecule has 2 atom stereocenters. The van der Waals surface area contributed by atoms with Crippen molar-refractivity contribution in [1.82, 2.24) is 14.9 Å². The van der Waals surface area contributed by atoms with E-state index in [9.17, 15) is 4.79 Å². The van der Waals surface area contributed by atoms with E-state index in [1.807, 2.05) is 61.5 Å².